The Kier molecular flexibility index (Phi) is 1.87. The summed E-state index contributed by atoms with van der Waals surface area (Å²) >= 11 is 0. The van der Waals surface area contributed by atoms with Crippen molar-refractivity contribution < 1.29 is 0 Å². The Morgan fingerprint density at radius 3 is 2.87 bits per heavy atom. The molecule has 0 saturated heterocycles. The SMILES string of the molecule is CN1CCn2c1cc1c(c2=O)CCCC1. The Morgan fingerprint density at radius 1 is 1.20 bits per heavy atom. The molecule has 0 aromatic carbocycles. The van der Waals surface area contributed by atoms with Crippen molar-refractivity contribution in [3.05, 3.63) is 27.5 Å². The van der Waals surface area contributed by atoms with Crippen molar-refractivity contribution >= 4 is 5.82 Å². The van der Waals surface area contributed by atoms with E-state index in [4.69, 9.17) is 0 Å². The van der Waals surface area contributed by atoms with Crippen LogP contribution in [0.25, 0.3) is 0 Å². The van der Waals surface area contributed by atoms with E-state index in [2.05, 4.69) is 18.0 Å². The smallest absolute Gasteiger partial charge is 0.255 e. The summed E-state index contributed by atoms with van der Waals surface area (Å²) in [5.41, 5.74) is 2.65. The monoisotopic (exact) mass is 204 g/mol. The zero-order chi connectivity index (χ0) is 10.4. The van der Waals surface area contributed by atoms with Crippen molar-refractivity contribution in [2.24, 2.45) is 0 Å². The van der Waals surface area contributed by atoms with Gasteiger partial charge >= 0.3 is 0 Å². The molecule has 15 heavy (non-hydrogen) atoms. The fourth-order valence-electron chi connectivity index (χ4n) is 2.73. The molecule has 1 aliphatic heterocycles. The average molecular weight is 204 g/mol. The van der Waals surface area contributed by atoms with Crippen LogP contribution in [-0.4, -0.2) is 18.2 Å². The normalized spacial score (nSPS) is 18.9. The number of likely N-dealkylation sites (N-methyl/N-ethyl adjacent to an activating group) is 1. The summed E-state index contributed by atoms with van der Waals surface area (Å²) < 4.78 is 1.93. The molecule has 2 heterocycles. The Morgan fingerprint density at radius 2 is 2.00 bits per heavy atom. The lowest BCUT2D eigenvalue weighted by molar-refractivity contribution is 0.657. The zero-order valence-electron chi connectivity index (χ0n) is 9.12. The molecule has 0 bridgehead atoms. The molecule has 0 atom stereocenters. The van der Waals surface area contributed by atoms with E-state index in [0.717, 1.165) is 37.3 Å². The standard InChI is InChI=1S/C12H16N2O/c1-13-6-7-14-11(13)8-9-4-2-3-5-10(9)12(14)15/h8H,2-7H2,1H3. The van der Waals surface area contributed by atoms with Crippen LogP contribution in [0.5, 0.6) is 0 Å². The third-order valence-electron chi connectivity index (χ3n) is 3.64. The minimum absolute atomic E-state index is 0.270. The van der Waals surface area contributed by atoms with Gasteiger partial charge in [0.1, 0.15) is 5.82 Å². The lowest BCUT2D eigenvalue weighted by atomic mass is 9.93. The molecule has 0 saturated carbocycles. The van der Waals surface area contributed by atoms with Gasteiger partial charge in [-0.25, -0.2) is 0 Å². The summed E-state index contributed by atoms with van der Waals surface area (Å²) in [6.07, 6.45) is 4.49. The molecule has 0 amide bonds. The number of hydrogen-bond donors (Lipinski definition) is 0. The van der Waals surface area contributed by atoms with Crippen molar-refractivity contribution in [1.29, 1.82) is 0 Å². The number of hydrogen-bond acceptors (Lipinski definition) is 2. The maximum atomic E-state index is 12.2. The number of anilines is 1. The second-order valence-electron chi connectivity index (χ2n) is 4.59. The maximum Gasteiger partial charge on any atom is 0.255 e. The van der Waals surface area contributed by atoms with E-state index in [1.165, 1.54) is 18.4 Å². The highest BCUT2D eigenvalue weighted by molar-refractivity contribution is 5.47. The van der Waals surface area contributed by atoms with E-state index in [-0.39, 0.29) is 5.56 Å². The molecule has 3 rings (SSSR count). The minimum Gasteiger partial charge on any atom is -0.359 e. The van der Waals surface area contributed by atoms with Gasteiger partial charge in [0.2, 0.25) is 0 Å². The molecule has 3 heteroatoms. The van der Waals surface area contributed by atoms with E-state index in [1.807, 2.05) is 4.57 Å². The number of nitrogens with zero attached hydrogens (tertiary/aromatic N) is 2. The molecule has 3 nitrogen and oxygen atoms in total. The van der Waals surface area contributed by atoms with Crippen molar-refractivity contribution in [2.75, 3.05) is 18.5 Å². The van der Waals surface area contributed by atoms with Crippen LogP contribution in [0.1, 0.15) is 24.0 Å². The Balaban J connectivity index is 2.24. The van der Waals surface area contributed by atoms with Crippen molar-refractivity contribution in [3.8, 4) is 0 Å². The first-order chi connectivity index (χ1) is 7.27. The average Bonchev–Trinajstić information content (AvgIpc) is 2.62. The molecule has 0 unspecified atom stereocenters. The first kappa shape index (κ1) is 9.01. The highest BCUT2D eigenvalue weighted by Gasteiger charge is 2.22. The lowest BCUT2D eigenvalue weighted by Gasteiger charge is -2.19. The second kappa shape index (κ2) is 3.12. The topological polar surface area (TPSA) is 25.2 Å². The molecular weight excluding hydrogens is 188 g/mol. The molecule has 0 radical (unpaired) electrons. The predicted molar refractivity (Wildman–Crippen MR) is 60.6 cm³/mol. The largest absolute Gasteiger partial charge is 0.359 e. The summed E-state index contributed by atoms with van der Waals surface area (Å²) in [6, 6.07) is 2.23. The van der Waals surface area contributed by atoms with E-state index < -0.39 is 0 Å². The molecule has 0 N–H and O–H groups in total. The van der Waals surface area contributed by atoms with Gasteiger partial charge in [-0.1, -0.05) is 0 Å². The van der Waals surface area contributed by atoms with Gasteiger partial charge in [-0.2, -0.15) is 0 Å². The van der Waals surface area contributed by atoms with E-state index in [9.17, 15) is 4.79 Å². The van der Waals surface area contributed by atoms with Gasteiger partial charge in [0.05, 0.1) is 0 Å². The lowest BCUT2D eigenvalue weighted by Crippen LogP contribution is -2.26. The van der Waals surface area contributed by atoms with Crippen LogP contribution in [0.2, 0.25) is 0 Å². The van der Waals surface area contributed by atoms with Crippen LogP contribution < -0.4 is 10.5 Å². The Labute approximate surface area is 89.3 Å². The van der Waals surface area contributed by atoms with Crippen LogP contribution in [0.3, 0.4) is 0 Å². The molecule has 1 aliphatic carbocycles. The van der Waals surface area contributed by atoms with E-state index >= 15 is 0 Å². The number of pyridine rings is 1. The summed E-state index contributed by atoms with van der Waals surface area (Å²) in [6.45, 7) is 1.83. The van der Waals surface area contributed by atoms with Crippen LogP contribution in [0, 0.1) is 0 Å². The summed E-state index contributed by atoms with van der Waals surface area (Å²) in [7, 11) is 2.06. The number of rotatable bonds is 0. The fourth-order valence-corrected chi connectivity index (χ4v) is 2.73. The maximum absolute atomic E-state index is 12.2. The molecule has 0 fully saturated rings. The number of aryl methyl sites for hydroxylation is 1. The first-order valence-electron chi connectivity index (χ1n) is 5.74. The Hall–Kier alpha value is -1.25. The quantitative estimate of drug-likeness (QED) is 0.634. The van der Waals surface area contributed by atoms with Gasteiger partial charge in [0.15, 0.2) is 0 Å². The van der Waals surface area contributed by atoms with Crippen LogP contribution in [0.15, 0.2) is 10.9 Å². The third-order valence-corrected chi connectivity index (χ3v) is 3.64. The van der Waals surface area contributed by atoms with Gasteiger partial charge in [-0.15, -0.1) is 0 Å². The fraction of sp³-hybridized carbons (Fsp3) is 0.583. The predicted octanol–water partition coefficient (Wildman–Crippen LogP) is 1.18. The Bertz CT molecular complexity index is 455. The number of fused-ring (bicyclic) bond motifs is 2. The van der Waals surface area contributed by atoms with Gasteiger partial charge in [-0.3, -0.25) is 9.36 Å². The second-order valence-corrected chi connectivity index (χ2v) is 4.59. The molecule has 2 aliphatic rings. The van der Waals surface area contributed by atoms with Gasteiger partial charge < -0.3 is 4.90 Å². The van der Waals surface area contributed by atoms with E-state index in [1.54, 1.807) is 0 Å². The molecule has 1 aromatic heterocycles. The zero-order valence-corrected chi connectivity index (χ0v) is 9.12. The van der Waals surface area contributed by atoms with Gasteiger partial charge in [0.25, 0.3) is 5.56 Å². The first-order valence-corrected chi connectivity index (χ1v) is 5.74. The summed E-state index contributed by atoms with van der Waals surface area (Å²) in [5.74, 6) is 1.11. The molecule has 0 spiro atoms. The number of aromatic nitrogens is 1. The molecule has 1 aromatic rings. The van der Waals surface area contributed by atoms with Gasteiger partial charge in [-0.05, 0) is 37.3 Å². The third kappa shape index (κ3) is 1.22. The summed E-state index contributed by atoms with van der Waals surface area (Å²) in [4.78, 5) is 14.4. The molecule has 80 valence electrons. The van der Waals surface area contributed by atoms with Crippen LogP contribution >= 0.6 is 0 Å². The van der Waals surface area contributed by atoms with Crippen molar-refractivity contribution in [2.45, 2.75) is 32.2 Å². The van der Waals surface area contributed by atoms with Crippen molar-refractivity contribution in [1.82, 2.24) is 4.57 Å². The molecular formula is C12H16N2O. The van der Waals surface area contributed by atoms with Crippen molar-refractivity contribution in [3.63, 3.8) is 0 Å². The highest BCUT2D eigenvalue weighted by Crippen LogP contribution is 2.25. The highest BCUT2D eigenvalue weighted by atomic mass is 16.1. The minimum atomic E-state index is 0.270. The van der Waals surface area contributed by atoms with E-state index in [0.29, 0.717) is 0 Å². The van der Waals surface area contributed by atoms with Gasteiger partial charge in [0, 0.05) is 25.7 Å². The van der Waals surface area contributed by atoms with Crippen LogP contribution in [-0.2, 0) is 19.4 Å². The van der Waals surface area contributed by atoms with Crippen LogP contribution in [0.4, 0.5) is 5.82 Å². The summed E-state index contributed by atoms with van der Waals surface area (Å²) in [5, 5.41) is 0.